The van der Waals surface area contributed by atoms with Gasteiger partial charge in [0.1, 0.15) is 5.82 Å². The number of fused-ring (bicyclic) bond motifs is 1. The zero-order valence-electron chi connectivity index (χ0n) is 11.3. The Hall–Kier alpha value is -0.710. The van der Waals surface area contributed by atoms with Crippen LogP contribution in [-0.2, 0) is 6.42 Å². The van der Waals surface area contributed by atoms with E-state index in [0.29, 0.717) is 6.04 Å². The maximum absolute atomic E-state index is 13.0. The molecule has 1 unspecified atom stereocenters. The topological polar surface area (TPSA) is 12.0 Å². The van der Waals surface area contributed by atoms with Gasteiger partial charge in [-0.05, 0) is 71.4 Å². The van der Waals surface area contributed by atoms with Crippen molar-refractivity contribution in [3.63, 3.8) is 0 Å². The number of hydrogen-bond donors (Lipinski definition) is 1. The van der Waals surface area contributed by atoms with Gasteiger partial charge in [-0.25, -0.2) is 4.39 Å². The molecule has 3 rings (SSSR count). The van der Waals surface area contributed by atoms with E-state index in [1.807, 2.05) is 23.5 Å². The number of aryl methyl sites for hydroxylation is 1. The van der Waals surface area contributed by atoms with Gasteiger partial charge in [0.15, 0.2) is 0 Å². The Morgan fingerprint density at radius 1 is 1.35 bits per heavy atom. The molecule has 4 heteroatoms. The van der Waals surface area contributed by atoms with Crippen molar-refractivity contribution in [3.8, 4) is 0 Å². The Bertz CT molecular complexity index is 593. The summed E-state index contributed by atoms with van der Waals surface area (Å²) in [5.41, 5.74) is 2.56. The molecule has 0 bridgehead atoms. The summed E-state index contributed by atoms with van der Waals surface area (Å²) in [6.07, 6.45) is 3.59. The van der Waals surface area contributed by atoms with Crippen molar-refractivity contribution in [1.82, 2.24) is 5.32 Å². The van der Waals surface area contributed by atoms with Gasteiger partial charge < -0.3 is 5.32 Å². The van der Waals surface area contributed by atoms with Crippen LogP contribution in [-0.4, -0.2) is 0 Å². The van der Waals surface area contributed by atoms with Crippen molar-refractivity contribution in [3.05, 3.63) is 55.9 Å². The third-order valence-electron chi connectivity index (χ3n) is 3.90. The van der Waals surface area contributed by atoms with Crippen molar-refractivity contribution < 1.29 is 4.39 Å². The van der Waals surface area contributed by atoms with E-state index in [1.165, 1.54) is 45.6 Å². The first-order valence-electron chi connectivity index (χ1n) is 6.93. The number of halogens is 2. The molecule has 0 fully saturated rings. The van der Waals surface area contributed by atoms with Gasteiger partial charge in [-0.3, -0.25) is 0 Å². The summed E-state index contributed by atoms with van der Waals surface area (Å²) in [6.45, 7) is 2.14. The SMILES string of the molecule is C[C@@H](NC1CCCc2sc(Br)cc21)c1ccc(F)cc1. The van der Waals surface area contributed by atoms with Crippen molar-refractivity contribution in [2.45, 2.75) is 38.3 Å². The highest BCUT2D eigenvalue weighted by molar-refractivity contribution is 9.11. The molecule has 1 N–H and O–H groups in total. The Balaban J connectivity index is 1.76. The number of benzene rings is 1. The van der Waals surface area contributed by atoms with Crippen LogP contribution >= 0.6 is 27.3 Å². The lowest BCUT2D eigenvalue weighted by molar-refractivity contribution is 0.418. The molecule has 1 aromatic heterocycles. The van der Waals surface area contributed by atoms with Crippen LogP contribution in [0.3, 0.4) is 0 Å². The summed E-state index contributed by atoms with van der Waals surface area (Å²) in [5, 5.41) is 3.69. The van der Waals surface area contributed by atoms with E-state index in [-0.39, 0.29) is 11.9 Å². The Morgan fingerprint density at radius 2 is 2.10 bits per heavy atom. The minimum atomic E-state index is -0.178. The summed E-state index contributed by atoms with van der Waals surface area (Å²) in [4.78, 5) is 1.49. The normalized spacial score (nSPS) is 19.6. The molecule has 106 valence electrons. The van der Waals surface area contributed by atoms with E-state index >= 15 is 0 Å². The van der Waals surface area contributed by atoms with Gasteiger partial charge in [-0.1, -0.05) is 12.1 Å². The molecule has 1 aromatic carbocycles. The highest BCUT2D eigenvalue weighted by Gasteiger charge is 2.24. The number of nitrogens with one attached hydrogen (secondary N) is 1. The third-order valence-corrected chi connectivity index (χ3v) is 5.62. The van der Waals surface area contributed by atoms with E-state index in [2.05, 4.69) is 34.2 Å². The second-order valence-electron chi connectivity index (χ2n) is 5.31. The molecular weight excluding hydrogens is 337 g/mol. The van der Waals surface area contributed by atoms with Crippen LogP contribution in [0.2, 0.25) is 0 Å². The zero-order chi connectivity index (χ0) is 14.1. The average Bonchev–Trinajstić information content (AvgIpc) is 2.81. The molecule has 1 nitrogen and oxygen atoms in total. The lowest BCUT2D eigenvalue weighted by atomic mass is 9.93. The standard InChI is InChI=1S/C16H17BrFNS/c1-10(11-5-7-12(18)8-6-11)19-14-3-2-4-15-13(14)9-16(17)20-15/h5-10,14,19H,2-4H2,1H3/t10-,14?/m1/s1. The molecular formula is C16H17BrFNS. The smallest absolute Gasteiger partial charge is 0.123 e. The van der Waals surface area contributed by atoms with Gasteiger partial charge in [-0.15, -0.1) is 11.3 Å². The summed E-state index contributed by atoms with van der Waals surface area (Å²) in [7, 11) is 0. The molecule has 2 aromatic rings. The summed E-state index contributed by atoms with van der Waals surface area (Å²) in [5.74, 6) is -0.178. The van der Waals surface area contributed by atoms with Crippen molar-refractivity contribution in [2.75, 3.05) is 0 Å². The molecule has 1 aliphatic carbocycles. The lowest BCUT2D eigenvalue weighted by Gasteiger charge is -2.27. The zero-order valence-corrected chi connectivity index (χ0v) is 13.7. The molecule has 0 amide bonds. The first-order valence-corrected chi connectivity index (χ1v) is 8.54. The minimum absolute atomic E-state index is 0.178. The van der Waals surface area contributed by atoms with Crippen molar-refractivity contribution >= 4 is 27.3 Å². The van der Waals surface area contributed by atoms with Crippen molar-refractivity contribution in [1.29, 1.82) is 0 Å². The highest BCUT2D eigenvalue weighted by Crippen LogP contribution is 2.38. The van der Waals surface area contributed by atoms with Gasteiger partial charge in [-0.2, -0.15) is 0 Å². The first kappa shape index (κ1) is 14.2. The molecule has 0 saturated carbocycles. The van der Waals surface area contributed by atoms with E-state index < -0.39 is 0 Å². The summed E-state index contributed by atoms with van der Waals surface area (Å²) in [6, 6.07) is 9.66. The minimum Gasteiger partial charge on any atom is -0.303 e. The second-order valence-corrected chi connectivity index (χ2v) is 7.83. The maximum Gasteiger partial charge on any atom is 0.123 e. The number of rotatable bonds is 3. The quantitative estimate of drug-likeness (QED) is 0.781. The van der Waals surface area contributed by atoms with E-state index in [9.17, 15) is 4.39 Å². The van der Waals surface area contributed by atoms with E-state index in [0.717, 1.165) is 5.56 Å². The Kier molecular flexibility index (Phi) is 4.24. The monoisotopic (exact) mass is 353 g/mol. The van der Waals surface area contributed by atoms with Gasteiger partial charge in [0, 0.05) is 17.0 Å². The third kappa shape index (κ3) is 2.97. The fraction of sp³-hybridized carbons (Fsp3) is 0.375. The fourth-order valence-electron chi connectivity index (χ4n) is 2.84. The van der Waals surface area contributed by atoms with Crippen LogP contribution in [0.1, 0.15) is 47.9 Å². The lowest BCUT2D eigenvalue weighted by Crippen LogP contribution is -2.27. The average molecular weight is 354 g/mol. The fourth-order valence-corrected chi connectivity index (χ4v) is 4.66. The van der Waals surface area contributed by atoms with Crippen LogP contribution in [0.15, 0.2) is 34.1 Å². The summed E-state index contributed by atoms with van der Waals surface area (Å²) < 4.78 is 14.2. The van der Waals surface area contributed by atoms with E-state index in [4.69, 9.17) is 0 Å². The molecule has 20 heavy (non-hydrogen) atoms. The Morgan fingerprint density at radius 3 is 2.85 bits per heavy atom. The molecule has 2 atom stereocenters. The number of hydrogen-bond acceptors (Lipinski definition) is 2. The van der Waals surface area contributed by atoms with Gasteiger partial charge in [0.05, 0.1) is 3.79 Å². The van der Waals surface area contributed by atoms with E-state index in [1.54, 1.807) is 0 Å². The molecule has 1 heterocycles. The maximum atomic E-state index is 13.0. The molecule has 0 radical (unpaired) electrons. The highest BCUT2D eigenvalue weighted by atomic mass is 79.9. The molecule has 0 spiro atoms. The summed E-state index contributed by atoms with van der Waals surface area (Å²) >= 11 is 5.43. The first-order chi connectivity index (χ1) is 9.63. The molecule has 0 aliphatic heterocycles. The van der Waals surface area contributed by atoms with Crippen LogP contribution in [0.5, 0.6) is 0 Å². The van der Waals surface area contributed by atoms with Gasteiger partial charge in [0.25, 0.3) is 0 Å². The van der Waals surface area contributed by atoms with Crippen LogP contribution in [0, 0.1) is 5.82 Å². The number of thiophene rings is 1. The molecule has 0 saturated heterocycles. The largest absolute Gasteiger partial charge is 0.303 e. The van der Waals surface area contributed by atoms with Crippen LogP contribution in [0.25, 0.3) is 0 Å². The van der Waals surface area contributed by atoms with Crippen LogP contribution in [0.4, 0.5) is 4.39 Å². The predicted octanol–water partition coefficient (Wildman–Crippen LogP) is 5.38. The van der Waals surface area contributed by atoms with Gasteiger partial charge >= 0.3 is 0 Å². The van der Waals surface area contributed by atoms with Crippen molar-refractivity contribution in [2.24, 2.45) is 0 Å². The molecule has 1 aliphatic rings. The second kappa shape index (κ2) is 5.96. The Labute approximate surface area is 131 Å². The predicted molar refractivity (Wildman–Crippen MR) is 85.6 cm³/mol. The van der Waals surface area contributed by atoms with Crippen LogP contribution < -0.4 is 5.32 Å². The van der Waals surface area contributed by atoms with Gasteiger partial charge in [0.2, 0.25) is 0 Å².